The molecule has 1 rings (SSSR count). The third-order valence-electron chi connectivity index (χ3n) is 3.36. The van der Waals surface area contributed by atoms with Crippen LogP contribution in [0.3, 0.4) is 0 Å². The van der Waals surface area contributed by atoms with E-state index in [1.165, 1.54) is 19.1 Å². The van der Waals surface area contributed by atoms with Gasteiger partial charge in [0.25, 0.3) is 5.91 Å². The summed E-state index contributed by atoms with van der Waals surface area (Å²) in [4.78, 5) is 46.3. The Morgan fingerprint density at radius 2 is 1.92 bits per heavy atom. The molecule has 0 aliphatic heterocycles. The molecule has 0 aliphatic carbocycles. The molecule has 0 aliphatic rings. The number of esters is 1. The number of rotatable bonds is 8. The number of benzene rings is 1. The molecule has 136 valence electrons. The fourth-order valence-electron chi connectivity index (χ4n) is 2.21. The van der Waals surface area contributed by atoms with Crippen molar-refractivity contribution in [1.29, 1.82) is 0 Å². The van der Waals surface area contributed by atoms with Crippen LogP contribution < -0.4 is 10.6 Å². The summed E-state index contributed by atoms with van der Waals surface area (Å²) in [5.74, 6) is -3.33. The summed E-state index contributed by atoms with van der Waals surface area (Å²) in [6.07, 6.45) is -0.128. The van der Waals surface area contributed by atoms with Gasteiger partial charge in [-0.15, -0.1) is 0 Å². The number of ether oxygens (including phenoxy) is 1. The molecule has 3 N–H and O–H groups in total. The van der Waals surface area contributed by atoms with Crippen LogP contribution in [0.2, 0.25) is 0 Å². The lowest BCUT2D eigenvalue weighted by Crippen LogP contribution is -2.45. The summed E-state index contributed by atoms with van der Waals surface area (Å²) in [6, 6.07) is 4.86. The normalized spacial score (nSPS) is 12.6. The number of hydrogen-bond acceptors (Lipinski definition) is 5. The first kappa shape index (κ1) is 20.1. The molecule has 25 heavy (non-hydrogen) atoms. The lowest BCUT2D eigenvalue weighted by atomic mass is 9.98. The van der Waals surface area contributed by atoms with Crippen molar-refractivity contribution in [3.05, 3.63) is 29.8 Å². The van der Waals surface area contributed by atoms with Crippen molar-refractivity contribution < 1.29 is 29.0 Å². The van der Waals surface area contributed by atoms with Gasteiger partial charge in [-0.3, -0.25) is 14.4 Å². The fraction of sp³-hybridized carbons (Fsp3) is 0.412. The molecule has 0 spiro atoms. The maximum Gasteiger partial charge on any atom is 0.326 e. The predicted octanol–water partition coefficient (Wildman–Crippen LogP) is 1.42. The monoisotopic (exact) mass is 350 g/mol. The van der Waals surface area contributed by atoms with E-state index in [9.17, 15) is 24.3 Å². The number of carboxylic acid groups (broad SMARTS) is 1. The SMILES string of the molecule is CCOC(=O)C[C@H](C)[C@@H](NC(=O)c1cccc(NC(C)=O)c1)C(=O)O. The molecule has 0 radical (unpaired) electrons. The van der Waals surface area contributed by atoms with Crippen LogP contribution in [0, 0.1) is 5.92 Å². The second-order valence-electron chi connectivity index (χ2n) is 5.54. The summed E-state index contributed by atoms with van der Waals surface area (Å²) in [5.41, 5.74) is 0.618. The van der Waals surface area contributed by atoms with Gasteiger partial charge < -0.3 is 20.5 Å². The second kappa shape index (κ2) is 9.41. The van der Waals surface area contributed by atoms with Crippen molar-refractivity contribution in [2.24, 2.45) is 5.92 Å². The lowest BCUT2D eigenvalue weighted by molar-refractivity contribution is -0.145. The molecular formula is C17H22N2O6. The van der Waals surface area contributed by atoms with E-state index in [2.05, 4.69) is 10.6 Å². The molecule has 8 nitrogen and oxygen atoms in total. The molecule has 0 aromatic heterocycles. The van der Waals surface area contributed by atoms with E-state index in [1.807, 2.05) is 0 Å². The zero-order chi connectivity index (χ0) is 19.0. The lowest BCUT2D eigenvalue weighted by Gasteiger charge is -2.21. The zero-order valence-corrected chi connectivity index (χ0v) is 14.4. The Hall–Kier alpha value is -2.90. The largest absolute Gasteiger partial charge is 0.480 e. The first-order chi connectivity index (χ1) is 11.7. The maximum absolute atomic E-state index is 12.3. The molecule has 0 saturated heterocycles. The van der Waals surface area contributed by atoms with Crippen molar-refractivity contribution in [3.63, 3.8) is 0 Å². The third-order valence-corrected chi connectivity index (χ3v) is 3.36. The Morgan fingerprint density at radius 1 is 1.24 bits per heavy atom. The van der Waals surface area contributed by atoms with Crippen LogP contribution in [0.15, 0.2) is 24.3 Å². The molecule has 1 aromatic carbocycles. The van der Waals surface area contributed by atoms with Gasteiger partial charge in [0.1, 0.15) is 6.04 Å². The van der Waals surface area contributed by atoms with E-state index in [-0.39, 0.29) is 24.5 Å². The summed E-state index contributed by atoms with van der Waals surface area (Å²) >= 11 is 0. The van der Waals surface area contributed by atoms with Gasteiger partial charge in [-0.2, -0.15) is 0 Å². The highest BCUT2D eigenvalue weighted by Gasteiger charge is 2.29. The minimum atomic E-state index is -1.25. The van der Waals surface area contributed by atoms with Gasteiger partial charge in [-0.25, -0.2) is 4.79 Å². The quantitative estimate of drug-likeness (QED) is 0.610. The maximum atomic E-state index is 12.3. The van der Waals surface area contributed by atoms with Crippen molar-refractivity contribution in [2.75, 3.05) is 11.9 Å². The molecule has 0 unspecified atom stereocenters. The number of amides is 2. The smallest absolute Gasteiger partial charge is 0.326 e. The molecule has 1 aromatic rings. The predicted molar refractivity (Wildman–Crippen MR) is 90.0 cm³/mol. The van der Waals surface area contributed by atoms with Crippen molar-refractivity contribution in [3.8, 4) is 0 Å². The van der Waals surface area contributed by atoms with Crippen LogP contribution in [0.25, 0.3) is 0 Å². The van der Waals surface area contributed by atoms with Crippen molar-refractivity contribution >= 4 is 29.4 Å². The van der Waals surface area contributed by atoms with Gasteiger partial charge in [0, 0.05) is 18.2 Å². The van der Waals surface area contributed by atoms with E-state index in [4.69, 9.17) is 4.74 Å². The molecule has 2 amide bonds. The molecule has 0 bridgehead atoms. The number of anilines is 1. The Bertz CT molecular complexity index is 658. The first-order valence-corrected chi connectivity index (χ1v) is 7.81. The second-order valence-corrected chi connectivity index (χ2v) is 5.54. The zero-order valence-electron chi connectivity index (χ0n) is 14.4. The van der Waals surface area contributed by atoms with Gasteiger partial charge in [0.15, 0.2) is 0 Å². The number of carbonyl (C=O) groups excluding carboxylic acids is 3. The van der Waals surface area contributed by atoms with Crippen molar-refractivity contribution in [1.82, 2.24) is 5.32 Å². The Morgan fingerprint density at radius 3 is 2.48 bits per heavy atom. The van der Waals surface area contributed by atoms with Crippen LogP contribution in [0.4, 0.5) is 5.69 Å². The van der Waals surface area contributed by atoms with Crippen LogP contribution in [-0.2, 0) is 19.1 Å². The van der Waals surface area contributed by atoms with E-state index >= 15 is 0 Å². The summed E-state index contributed by atoms with van der Waals surface area (Å²) in [6.45, 7) is 4.74. The highest BCUT2D eigenvalue weighted by atomic mass is 16.5. The van der Waals surface area contributed by atoms with Crippen molar-refractivity contribution in [2.45, 2.75) is 33.2 Å². The van der Waals surface area contributed by atoms with Gasteiger partial charge in [0.05, 0.1) is 13.0 Å². The third kappa shape index (κ3) is 6.62. The molecule has 0 fully saturated rings. The van der Waals surface area contributed by atoms with Gasteiger partial charge in [-0.05, 0) is 31.0 Å². The van der Waals surface area contributed by atoms with E-state index < -0.39 is 29.8 Å². The molecule has 2 atom stereocenters. The number of nitrogens with one attached hydrogen (secondary N) is 2. The first-order valence-electron chi connectivity index (χ1n) is 7.81. The number of aliphatic carboxylic acids is 1. The highest BCUT2D eigenvalue weighted by molar-refractivity contribution is 5.98. The fourth-order valence-corrected chi connectivity index (χ4v) is 2.21. The Kier molecular flexibility index (Phi) is 7.58. The minimum absolute atomic E-state index is 0.128. The van der Waals surface area contributed by atoms with Gasteiger partial charge >= 0.3 is 11.9 Å². The van der Waals surface area contributed by atoms with Crippen LogP contribution in [0.5, 0.6) is 0 Å². The van der Waals surface area contributed by atoms with Gasteiger partial charge in [0.2, 0.25) is 5.91 Å². The summed E-state index contributed by atoms with van der Waals surface area (Å²) in [5, 5.41) is 14.3. The summed E-state index contributed by atoms with van der Waals surface area (Å²) in [7, 11) is 0. The highest BCUT2D eigenvalue weighted by Crippen LogP contribution is 2.14. The van der Waals surface area contributed by atoms with E-state index in [1.54, 1.807) is 26.0 Å². The van der Waals surface area contributed by atoms with E-state index in [0.29, 0.717) is 5.69 Å². The summed E-state index contributed by atoms with van der Waals surface area (Å²) < 4.78 is 4.80. The number of carboxylic acids is 1. The average Bonchev–Trinajstić information content (AvgIpc) is 2.51. The average molecular weight is 350 g/mol. The van der Waals surface area contributed by atoms with Crippen LogP contribution in [-0.4, -0.2) is 41.5 Å². The van der Waals surface area contributed by atoms with E-state index in [0.717, 1.165) is 0 Å². The molecule has 0 saturated carbocycles. The molecule has 0 heterocycles. The number of carbonyl (C=O) groups is 4. The van der Waals surface area contributed by atoms with Crippen LogP contribution in [0.1, 0.15) is 37.6 Å². The topological polar surface area (TPSA) is 122 Å². The van der Waals surface area contributed by atoms with Crippen LogP contribution >= 0.6 is 0 Å². The number of hydrogen-bond donors (Lipinski definition) is 3. The standard InChI is InChI=1S/C17H22N2O6/c1-4-25-14(21)8-10(2)15(17(23)24)19-16(22)12-6-5-7-13(9-12)18-11(3)20/h5-7,9-10,15H,4,8H2,1-3H3,(H,18,20)(H,19,22)(H,23,24)/t10-,15+/m0/s1. The molecular weight excluding hydrogens is 328 g/mol. The minimum Gasteiger partial charge on any atom is -0.480 e. The van der Waals surface area contributed by atoms with Gasteiger partial charge in [-0.1, -0.05) is 13.0 Å². The molecule has 8 heteroatoms. The Labute approximate surface area is 145 Å². The Balaban J connectivity index is 2.84.